The SMILES string of the molecule is CC[C@@H](N)C1=CSCC1. The van der Waals surface area contributed by atoms with Gasteiger partial charge in [-0.1, -0.05) is 6.92 Å². The third kappa shape index (κ3) is 1.73. The maximum absolute atomic E-state index is 5.80. The molecule has 0 aliphatic carbocycles. The highest BCUT2D eigenvalue weighted by atomic mass is 32.2. The van der Waals surface area contributed by atoms with Gasteiger partial charge in [-0.25, -0.2) is 0 Å². The van der Waals surface area contributed by atoms with E-state index >= 15 is 0 Å². The fourth-order valence-electron chi connectivity index (χ4n) is 0.937. The molecule has 0 amide bonds. The van der Waals surface area contributed by atoms with Gasteiger partial charge in [0.15, 0.2) is 0 Å². The molecule has 0 spiro atoms. The summed E-state index contributed by atoms with van der Waals surface area (Å²) in [5.74, 6) is 1.24. The van der Waals surface area contributed by atoms with E-state index in [2.05, 4.69) is 12.3 Å². The van der Waals surface area contributed by atoms with Crippen molar-refractivity contribution < 1.29 is 0 Å². The fourth-order valence-corrected chi connectivity index (χ4v) is 1.91. The molecule has 0 aromatic rings. The number of hydrogen-bond acceptors (Lipinski definition) is 2. The molecule has 0 saturated carbocycles. The van der Waals surface area contributed by atoms with Gasteiger partial charge in [-0.3, -0.25) is 0 Å². The molecule has 0 aromatic carbocycles. The van der Waals surface area contributed by atoms with Crippen molar-refractivity contribution in [2.45, 2.75) is 25.8 Å². The standard InChI is InChI=1S/C7H13NS/c1-2-7(8)6-3-4-9-5-6/h5,7H,2-4,8H2,1H3/t7-/m1/s1. The average molecular weight is 143 g/mol. The minimum atomic E-state index is 0.333. The molecular weight excluding hydrogens is 130 g/mol. The summed E-state index contributed by atoms with van der Waals surface area (Å²) >= 11 is 1.88. The lowest BCUT2D eigenvalue weighted by molar-refractivity contribution is 0.721. The number of nitrogens with two attached hydrogens (primary N) is 1. The molecule has 0 aromatic heterocycles. The Morgan fingerprint density at radius 3 is 3.11 bits per heavy atom. The highest BCUT2D eigenvalue weighted by molar-refractivity contribution is 8.02. The molecule has 1 rings (SSSR count). The van der Waals surface area contributed by atoms with E-state index in [0.717, 1.165) is 6.42 Å². The van der Waals surface area contributed by atoms with Crippen LogP contribution in [0.15, 0.2) is 11.0 Å². The van der Waals surface area contributed by atoms with E-state index < -0.39 is 0 Å². The molecule has 2 heteroatoms. The average Bonchev–Trinajstić information content (AvgIpc) is 2.37. The second kappa shape index (κ2) is 3.28. The topological polar surface area (TPSA) is 26.0 Å². The second-order valence-electron chi connectivity index (χ2n) is 2.33. The molecule has 0 bridgehead atoms. The van der Waals surface area contributed by atoms with E-state index in [4.69, 9.17) is 5.73 Å². The molecule has 1 atom stereocenters. The van der Waals surface area contributed by atoms with Crippen LogP contribution in [0.4, 0.5) is 0 Å². The third-order valence-electron chi connectivity index (χ3n) is 1.66. The van der Waals surface area contributed by atoms with Crippen LogP contribution in [-0.4, -0.2) is 11.8 Å². The minimum Gasteiger partial charge on any atom is -0.324 e. The Morgan fingerprint density at radius 1 is 1.89 bits per heavy atom. The summed E-state index contributed by atoms with van der Waals surface area (Å²) in [5.41, 5.74) is 7.24. The fraction of sp³-hybridized carbons (Fsp3) is 0.714. The van der Waals surface area contributed by atoms with Crippen molar-refractivity contribution >= 4 is 11.8 Å². The summed E-state index contributed by atoms with van der Waals surface area (Å²) in [6.07, 6.45) is 2.28. The van der Waals surface area contributed by atoms with Gasteiger partial charge in [0.2, 0.25) is 0 Å². The molecule has 0 fully saturated rings. The minimum absolute atomic E-state index is 0.333. The molecule has 0 saturated heterocycles. The van der Waals surface area contributed by atoms with Crippen LogP contribution in [0, 0.1) is 0 Å². The molecule has 1 aliphatic rings. The lowest BCUT2D eigenvalue weighted by atomic mass is 10.1. The third-order valence-corrected chi connectivity index (χ3v) is 2.57. The van der Waals surface area contributed by atoms with E-state index in [-0.39, 0.29) is 0 Å². The first kappa shape index (κ1) is 7.16. The predicted molar refractivity (Wildman–Crippen MR) is 43.4 cm³/mol. The van der Waals surface area contributed by atoms with Gasteiger partial charge in [0.1, 0.15) is 0 Å². The van der Waals surface area contributed by atoms with Crippen molar-refractivity contribution in [1.29, 1.82) is 0 Å². The van der Waals surface area contributed by atoms with Gasteiger partial charge in [0, 0.05) is 11.8 Å². The highest BCUT2D eigenvalue weighted by Crippen LogP contribution is 2.24. The zero-order valence-corrected chi connectivity index (χ0v) is 6.58. The van der Waals surface area contributed by atoms with Crippen molar-refractivity contribution in [3.05, 3.63) is 11.0 Å². The summed E-state index contributed by atoms with van der Waals surface area (Å²) in [7, 11) is 0. The lowest BCUT2D eigenvalue weighted by Crippen LogP contribution is -2.20. The first-order valence-corrected chi connectivity index (χ1v) is 4.45. The van der Waals surface area contributed by atoms with Crippen LogP contribution in [0.1, 0.15) is 19.8 Å². The Bertz CT molecular complexity index is 120. The van der Waals surface area contributed by atoms with Gasteiger partial charge in [0.05, 0.1) is 0 Å². The summed E-state index contributed by atoms with van der Waals surface area (Å²) < 4.78 is 0. The molecule has 1 nitrogen and oxygen atoms in total. The summed E-state index contributed by atoms with van der Waals surface area (Å²) in [6.45, 7) is 2.13. The molecule has 2 N–H and O–H groups in total. The monoisotopic (exact) mass is 143 g/mol. The van der Waals surface area contributed by atoms with Gasteiger partial charge in [-0.2, -0.15) is 0 Å². The van der Waals surface area contributed by atoms with E-state index in [1.807, 2.05) is 11.8 Å². The van der Waals surface area contributed by atoms with Gasteiger partial charge in [-0.05, 0) is 23.8 Å². The maximum atomic E-state index is 5.80. The smallest absolute Gasteiger partial charge is 0.0259 e. The lowest BCUT2D eigenvalue weighted by Gasteiger charge is -2.07. The maximum Gasteiger partial charge on any atom is 0.0259 e. The van der Waals surface area contributed by atoms with E-state index in [0.29, 0.717) is 6.04 Å². The number of rotatable bonds is 2. The van der Waals surface area contributed by atoms with Crippen molar-refractivity contribution in [3.8, 4) is 0 Å². The molecule has 9 heavy (non-hydrogen) atoms. The Balaban J connectivity index is 2.40. The predicted octanol–water partition coefficient (Wildman–Crippen LogP) is 1.74. The largest absolute Gasteiger partial charge is 0.324 e. The van der Waals surface area contributed by atoms with Crippen LogP contribution in [0.3, 0.4) is 0 Å². The van der Waals surface area contributed by atoms with E-state index in [1.54, 1.807) is 0 Å². The first-order valence-electron chi connectivity index (χ1n) is 3.40. The first-order chi connectivity index (χ1) is 4.34. The van der Waals surface area contributed by atoms with Crippen LogP contribution in [-0.2, 0) is 0 Å². The Morgan fingerprint density at radius 2 is 2.67 bits per heavy atom. The van der Waals surface area contributed by atoms with Crippen molar-refractivity contribution in [2.75, 3.05) is 5.75 Å². The Labute approximate surface area is 60.7 Å². The van der Waals surface area contributed by atoms with Crippen molar-refractivity contribution in [2.24, 2.45) is 5.73 Å². The number of hydrogen-bond donors (Lipinski definition) is 1. The van der Waals surface area contributed by atoms with Gasteiger partial charge in [0.25, 0.3) is 0 Å². The summed E-state index contributed by atoms with van der Waals surface area (Å²) in [4.78, 5) is 0. The van der Waals surface area contributed by atoms with Crippen molar-refractivity contribution in [3.63, 3.8) is 0 Å². The second-order valence-corrected chi connectivity index (χ2v) is 3.31. The molecular formula is C7H13NS. The van der Waals surface area contributed by atoms with Crippen LogP contribution >= 0.6 is 11.8 Å². The highest BCUT2D eigenvalue weighted by Gasteiger charge is 2.10. The summed E-state index contributed by atoms with van der Waals surface area (Å²) in [5, 5.41) is 2.22. The van der Waals surface area contributed by atoms with Crippen LogP contribution < -0.4 is 5.73 Å². The van der Waals surface area contributed by atoms with Gasteiger partial charge in [-0.15, -0.1) is 11.8 Å². The zero-order valence-electron chi connectivity index (χ0n) is 5.76. The van der Waals surface area contributed by atoms with E-state index in [1.165, 1.54) is 17.7 Å². The quantitative estimate of drug-likeness (QED) is 0.637. The Hall–Kier alpha value is 0.0500. The molecule has 1 aliphatic heterocycles. The van der Waals surface area contributed by atoms with Crippen LogP contribution in [0.5, 0.6) is 0 Å². The normalized spacial score (nSPS) is 21.8. The molecule has 1 heterocycles. The van der Waals surface area contributed by atoms with Crippen LogP contribution in [0.25, 0.3) is 0 Å². The van der Waals surface area contributed by atoms with Gasteiger partial charge >= 0.3 is 0 Å². The number of thioether (sulfide) groups is 1. The zero-order chi connectivity index (χ0) is 6.69. The van der Waals surface area contributed by atoms with Gasteiger partial charge < -0.3 is 5.73 Å². The van der Waals surface area contributed by atoms with Crippen molar-refractivity contribution in [1.82, 2.24) is 0 Å². The Kier molecular flexibility index (Phi) is 2.61. The molecule has 0 unspecified atom stereocenters. The summed E-state index contributed by atoms with van der Waals surface area (Å²) in [6, 6.07) is 0.333. The molecule has 0 radical (unpaired) electrons. The van der Waals surface area contributed by atoms with E-state index in [9.17, 15) is 0 Å². The van der Waals surface area contributed by atoms with Crippen LogP contribution in [0.2, 0.25) is 0 Å². The molecule has 52 valence electrons.